The molecule has 0 radical (unpaired) electrons. The quantitative estimate of drug-likeness (QED) is 0.936. The summed E-state index contributed by atoms with van der Waals surface area (Å²) in [5.74, 6) is 0. The lowest BCUT2D eigenvalue weighted by Crippen LogP contribution is -2.18. The minimum Gasteiger partial charge on any atom is -0.328 e. The van der Waals surface area contributed by atoms with Crippen LogP contribution in [0.2, 0.25) is 5.02 Å². The molecule has 0 fully saturated rings. The molecule has 96 valence electrons. The number of aromatic nitrogens is 2. The fourth-order valence-electron chi connectivity index (χ4n) is 1.72. The summed E-state index contributed by atoms with van der Waals surface area (Å²) in [6, 6.07) is 6.08. The first-order chi connectivity index (χ1) is 8.54. The Kier molecular flexibility index (Phi) is 4.32. The molecule has 0 spiro atoms. The van der Waals surface area contributed by atoms with Gasteiger partial charge in [-0.25, -0.2) is 0 Å². The number of nitrogens with zero attached hydrogens (tertiary/aromatic N) is 2. The zero-order valence-corrected chi connectivity index (χ0v) is 12.0. The fourth-order valence-corrected chi connectivity index (χ4v) is 2.98. The van der Waals surface area contributed by atoms with Gasteiger partial charge in [0.1, 0.15) is 0 Å². The molecule has 0 aliphatic rings. The standard InChI is InChI=1S/C13H16ClN3S/c1-9(15)5-10-3-4-11(14)6-13(10)18-12-7-16-17(2)8-12/h3-4,6-9H,5,15H2,1-2H3. The van der Waals surface area contributed by atoms with E-state index in [4.69, 9.17) is 17.3 Å². The van der Waals surface area contributed by atoms with Gasteiger partial charge in [-0.2, -0.15) is 5.10 Å². The van der Waals surface area contributed by atoms with Gasteiger partial charge in [-0.1, -0.05) is 29.4 Å². The van der Waals surface area contributed by atoms with Crippen LogP contribution in [-0.4, -0.2) is 15.8 Å². The maximum atomic E-state index is 6.06. The predicted octanol–water partition coefficient (Wildman–Crippen LogP) is 3.11. The van der Waals surface area contributed by atoms with Crippen LogP contribution in [0.4, 0.5) is 0 Å². The molecule has 1 aromatic carbocycles. The third kappa shape index (κ3) is 3.51. The van der Waals surface area contributed by atoms with Crippen LogP contribution in [0.25, 0.3) is 0 Å². The number of nitrogens with two attached hydrogens (primary N) is 1. The molecule has 0 saturated carbocycles. The highest BCUT2D eigenvalue weighted by Crippen LogP contribution is 2.32. The number of aryl methyl sites for hydroxylation is 1. The maximum absolute atomic E-state index is 6.06. The Morgan fingerprint density at radius 2 is 2.28 bits per heavy atom. The summed E-state index contributed by atoms with van der Waals surface area (Å²) in [4.78, 5) is 2.25. The summed E-state index contributed by atoms with van der Waals surface area (Å²) in [6.07, 6.45) is 4.68. The average Bonchev–Trinajstić information content (AvgIpc) is 2.67. The van der Waals surface area contributed by atoms with E-state index >= 15 is 0 Å². The van der Waals surface area contributed by atoms with Gasteiger partial charge in [0.2, 0.25) is 0 Å². The van der Waals surface area contributed by atoms with Crippen LogP contribution in [0.5, 0.6) is 0 Å². The lowest BCUT2D eigenvalue weighted by Gasteiger charge is -2.11. The average molecular weight is 282 g/mol. The van der Waals surface area contributed by atoms with E-state index in [1.54, 1.807) is 16.4 Å². The van der Waals surface area contributed by atoms with Gasteiger partial charge in [-0.05, 0) is 31.0 Å². The Hall–Kier alpha value is -0.970. The highest BCUT2D eigenvalue weighted by molar-refractivity contribution is 7.99. The Morgan fingerprint density at radius 1 is 1.50 bits per heavy atom. The Bertz CT molecular complexity index is 537. The van der Waals surface area contributed by atoms with Crippen LogP contribution < -0.4 is 5.73 Å². The molecule has 1 aromatic heterocycles. The summed E-state index contributed by atoms with van der Waals surface area (Å²) in [7, 11) is 1.91. The van der Waals surface area contributed by atoms with Crippen LogP contribution >= 0.6 is 23.4 Å². The number of benzene rings is 1. The Balaban J connectivity index is 2.27. The van der Waals surface area contributed by atoms with E-state index in [1.807, 2.05) is 44.6 Å². The van der Waals surface area contributed by atoms with Crippen molar-refractivity contribution in [2.75, 3.05) is 0 Å². The molecule has 2 N–H and O–H groups in total. The summed E-state index contributed by atoms with van der Waals surface area (Å²) in [5, 5.41) is 4.91. The van der Waals surface area contributed by atoms with Crippen molar-refractivity contribution in [2.45, 2.75) is 29.2 Å². The molecule has 0 aliphatic carbocycles. The van der Waals surface area contributed by atoms with Crippen molar-refractivity contribution >= 4 is 23.4 Å². The fraction of sp³-hybridized carbons (Fsp3) is 0.308. The maximum Gasteiger partial charge on any atom is 0.0629 e. The summed E-state index contributed by atoms with van der Waals surface area (Å²) in [5.41, 5.74) is 7.10. The molecule has 1 atom stereocenters. The number of rotatable bonds is 4. The van der Waals surface area contributed by atoms with Crippen LogP contribution in [0.3, 0.4) is 0 Å². The third-order valence-electron chi connectivity index (χ3n) is 2.48. The van der Waals surface area contributed by atoms with Crippen molar-refractivity contribution in [3.8, 4) is 0 Å². The van der Waals surface area contributed by atoms with Crippen LogP contribution in [0.1, 0.15) is 12.5 Å². The minimum atomic E-state index is 0.138. The zero-order valence-electron chi connectivity index (χ0n) is 10.4. The van der Waals surface area contributed by atoms with E-state index in [2.05, 4.69) is 5.10 Å². The van der Waals surface area contributed by atoms with E-state index < -0.39 is 0 Å². The lowest BCUT2D eigenvalue weighted by molar-refractivity contribution is 0.729. The van der Waals surface area contributed by atoms with Gasteiger partial charge in [0, 0.05) is 29.2 Å². The molecule has 0 bridgehead atoms. The highest BCUT2D eigenvalue weighted by atomic mass is 35.5. The van der Waals surface area contributed by atoms with Crippen molar-refractivity contribution < 1.29 is 0 Å². The third-order valence-corrected chi connectivity index (χ3v) is 3.76. The van der Waals surface area contributed by atoms with Crippen LogP contribution in [0, 0.1) is 0 Å². The smallest absolute Gasteiger partial charge is 0.0629 e. The second kappa shape index (κ2) is 5.78. The molecule has 0 saturated heterocycles. The normalized spacial score (nSPS) is 12.7. The number of hydrogen-bond acceptors (Lipinski definition) is 3. The van der Waals surface area contributed by atoms with Gasteiger partial charge in [0.15, 0.2) is 0 Å². The first-order valence-electron chi connectivity index (χ1n) is 5.75. The van der Waals surface area contributed by atoms with Gasteiger partial charge in [-0.15, -0.1) is 0 Å². The molecular formula is C13H16ClN3S. The molecule has 0 aliphatic heterocycles. The van der Waals surface area contributed by atoms with Crippen molar-refractivity contribution in [2.24, 2.45) is 12.8 Å². The van der Waals surface area contributed by atoms with Crippen LogP contribution in [0.15, 0.2) is 40.4 Å². The van der Waals surface area contributed by atoms with Crippen molar-refractivity contribution in [3.05, 3.63) is 41.2 Å². The van der Waals surface area contributed by atoms with Crippen molar-refractivity contribution in [3.63, 3.8) is 0 Å². The summed E-state index contributed by atoms with van der Waals surface area (Å²) >= 11 is 7.73. The molecular weight excluding hydrogens is 266 g/mol. The largest absolute Gasteiger partial charge is 0.328 e. The van der Waals surface area contributed by atoms with Gasteiger partial charge in [0.05, 0.1) is 11.1 Å². The van der Waals surface area contributed by atoms with Crippen molar-refractivity contribution in [1.82, 2.24) is 9.78 Å². The minimum absolute atomic E-state index is 0.138. The second-order valence-electron chi connectivity index (χ2n) is 4.39. The van der Waals surface area contributed by atoms with Crippen LogP contribution in [-0.2, 0) is 13.5 Å². The highest BCUT2D eigenvalue weighted by Gasteiger charge is 2.08. The van der Waals surface area contributed by atoms with E-state index in [-0.39, 0.29) is 6.04 Å². The molecule has 2 rings (SSSR count). The molecule has 0 amide bonds. The van der Waals surface area contributed by atoms with E-state index in [0.29, 0.717) is 0 Å². The van der Waals surface area contributed by atoms with E-state index in [0.717, 1.165) is 21.2 Å². The lowest BCUT2D eigenvalue weighted by atomic mass is 10.1. The van der Waals surface area contributed by atoms with E-state index in [9.17, 15) is 0 Å². The summed E-state index contributed by atoms with van der Waals surface area (Å²) < 4.78 is 1.79. The number of hydrogen-bond donors (Lipinski definition) is 1. The topological polar surface area (TPSA) is 43.8 Å². The van der Waals surface area contributed by atoms with Gasteiger partial charge < -0.3 is 5.73 Å². The van der Waals surface area contributed by atoms with Gasteiger partial charge >= 0.3 is 0 Å². The SMILES string of the molecule is CC(N)Cc1ccc(Cl)cc1Sc1cnn(C)c1. The van der Waals surface area contributed by atoms with E-state index in [1.165, 1.54) is 5.56 Å². The molecule has 18 heavy (non-hydrogen) atoms. The van der Waals surface area contributed by atoms with Gasteiger partial charge in [-0.3, -0.25) is 4.68 Å². The molecule has 5 heteroatoms. The summed E-state index contributed by atoms with van der Waals surface area (Å²) in [6.45, 7) is 2.01. The van der Waals surface area contributed by atoms with Crippen molar-refractivity contribution in [1.29, 1.82) is 0 Å². The monoisotopic (exact) mass is 281 g/mol. The molecule has 1 unspecified atom stereocenters. The number of halogens is 1. The Morgan fingerprint density at radius 3 is 2.89 bits per heavy atom. The zero-order chi connectivity index (χ0) is 13.1. The Labute approximate surface area is 116 Å². The molecule has 1 heterocycles. The molecule has 2 aromatic rings. The predicted molar refractivity (Wildman–Crippen MR) is 76.1 cm³/mol. The first-order valence-corrected chi connectivity index (χ1v) is 6.94. The van der Waals surface area contributed by atoms with Gasteiger partial charge in [0.25, 0.3) is 0 Å². The first kappa shape index (κ1) is 13.5. The second-order valence-corrected chi connectivity index (χ2v) is 5.94. The molecule has 3 nitrogen and oxygen atoms in total.